The quantitative estimate of drug-likeness (QED) is 0.536. The number of nitrogens with zero attached hydrogens (tertiary/aromatic N) is 2. The molecule has 7 heteroatoms. The van der Waals surface area contributed by atoms with E-state index in [4.69, 9.17) is 4.74 Å². The summed E-state index contributed by atoms with van der Waals surface area (Å²) in [5, 5.41) is 13.3. The van der Waals surface area contributed by atoms with Gasteiger partial charge in [0.05, 0.1) is 24.8 Å². The van der Waals surface area contributed by atoms with Gasteiger partial charge in [-0.1, -0.05) is 30.3 Å². The molecule has 0 radical (unpaired) electrons. The fourth-order valence-corrected chi connectivity index (χ4v) is 5.62. The number of aliphatic hydroxyl groups is 1. The van der Waals surface area contributed by atoms with Crippen molar-refractivity contribution in [3.05, 3.63) is 65.2 Å². The molecule has 3 aliphatic heterocycles. The van der Waals surface area contributed by atoms with Gasteiger partial charge in [-0.05, 0) is 60.7 Å². The number of ether oxygens (including phenoxy) is 1. The molecule has 168 valence electrons. The van der Waals surface area contributed by atoms with Gasteiger partial charge in [-0.25, -0.2) is 4.31 Å². The zero-order valence-corrected chi connectivity index (χ0v) is 19.3. The Morgan fingerprint density at radius 3 is 2.53 bits per heavy atom. The smallest absolute Gasteiger partial charge is 0.233 e. The number of carbonyl (C=O) groups is 1. The lowest BCUT2D eigenvalue weighted by Crippen LogP contribution is -2.40. The summed E-state index contributed by atoms with van der Waals surface area (Å²) in [5.74, 6) is 0.423. The minimum atomic E-state index is -0.489. The number of hydrogen-bond donors (Lipinski definition) is 2. The van der Waals surface area contributed by atoms with Crippen LogP contribution in [0.1, 0.15) is 25.3 Å². The number of anilines is 1. The predicted octanol–water partition coefficient (Wildman–Crippen LogP) is 3.51. The van der Waals surface area contributed by atoms with E-state index in [9.17, 15) is 9.90 Å². The van der Waals surface area contributed by atoms with Gasteiger partial charge in [0, 0.05) is 31.1 Å². The van der Waals surface area contributed by atoms with Crippen LogP contribution < -0.4 is 10.1 Å². The highest BCUT2D eigenvalue weighted by Crippen LogP contribution is 2.39. The fourth-order valence-electron chi connectivity index (χ4n) is 4.58. The zero-order chi connectivity index (χ0) is 22.3. The summed E-state index contributed by atoms with van der Waals surface area (Å²) < 4.78 is 8.40. The summed E-state index contributed by atoms with van der Waals surface area (Å²) in [6, 6.07) is 15.9. The van der Waals surface area contributed by atoms with Crippen molar-refractivity contribution in [1.82, 2.24) is 9.21 Å². The van der Waals surface area contributed by atoms with E-state index in [1.54, 1.807) is 11.9 Å². The number of fused-ring (bicyclic) bond motifs is 1. The first kappa shape index (κ1) is 21.4. The van der Waals surface area contributed by atoms with E-state index in [-0.39, 0.29) is 18.1 Å². The third kappa shape index (κ3) is 4.25. The summed E-state index contributed by atoms with van der Waals surface area (Å²) in [4.78, 5) is 16.1. The highest BCUT2D eigenvalue weighted by molar-refractivity contribution is 7.97. The summed E-state index contributed by atoms with van der Waals surface area (Å²) in [6.45, 7) is 7.81. The van der Waals surface area contributed by atoms with E-state index in [0.717, 1.165) is 36.6 Å². The maximum absolute atomic E-state index is 13.1. The van der Waals surface area contributed by atoms with Crippen molar-refractivity contribution in [3.8, 4) is 5.75 Å². The van der Waals surface area contributed by atoms with Gasteiger partial charge in [-0.2, -0.15) is 0 Å². The maximum Gasteiger partial charge on any atom is 0.233 e. The summed E-state index contributed by atoms with van der Waals surface area (Å²) >= 11 is 1.75. The van der Waals surface area contributed by atoms with E-state index in [1.165, 1.54) is 16.0 Å². The van der Waals surface area contributed by atoms with Gasteiger partial charge < -0.3 is 20.1 Å². The largest absolute Gasteiger partial charge is 0.484 e. The number of aliphatic hydroxyl groups excluding tert-OH is 1. The van der Waals surface area contributed by atoms with Gasteiger partial charge in [0.25, 0.3) is 0 Å². The fraction of sp³-hybridized carbons (Fsp3) is 0.400. The molecule has 3 heterocycles. The molecule has 0 aromatic heterocycles. The molecule has 2 N–H and O–H groups in total. The van der Waals surface area contributed by atoms with E-state index in [2.05, 4.69) is 35.6 Å². The summed E-state index contributed by atoms with van der Waals surface area (Å²) in [6.07, 6.45) is 0. The number of benzene rings is 2. The predicted molar refractivity (Wildman–Crippen MR) is 127 cm³/mol. The summed E-state index contributed by atoms with van der Waals surface area (Å²) in [7, 11) is 0. The highest BCUT2D eigenvalue weighted by atomic mass is 32.2. The van der Waals surface area contributed by atoms with Crippen molar-refractivity contribution >= 4 is 23.5 Å². The molecule has 32 heavy (non-hydrogen) atoms. The van der Waals surface area contributed by atoms with Crippen molar-refractivity contribution in [3.63, 3.8) is 0 Å². The van der Waals surface area contributed by atoms with Crippen molar-refractivity contribution in [2.45, 2.75) is 30.3 Å². The van der Waals surface area contributed by atoms with Crippen LogP contribution in [0.15, 0.2) is 64.6 Å². The lowest BCUT2D eigenvalue weighted by atomic mass is 9.98. The van der Waals surface area contributed by atoms with Gasteiger partial charge in [0.2, 0.25) is 5.91 Å². The molecule has 0 fully saturated rings. The van der Waals surface area contributed by atoms with Crippen molar-refractivity contribution < 1.29 is 14.6 Å². The van der Waals surface area contributed by atoms with Crippen molar-refractivity contribution in [2.75, 3.05) is 44.6 Å². The molecule has 0 saturated carbocycles. The van der Waals surface area contributed by atoms with Gasteiger partial charge >= 0.3 is 0 Å². The molecule has 0 unspecified atom stereocenters. The molecule has 5 rings (SSSR count). The van der Waals surface area contributed by atoms with Crippen molar-refractivity contribution in [2.24, 2.45) is 0 Å². The lowest BCUT2D eigenvalue weighted by molar-refractivity contribution is -0.132. The van der Waals surface area contributed by atoms with Crippen LogP contribution in [-0.4, -0.2) is 65.2 Å². The number of nitrogens with one attached hydrogen (secondary N) is 1. The first-order valence-corrected chi connectivity index (χ1v) is 11.8. The molecule has 0 saturated heterocycles. The molecule has 2 aromatic carbocycles. The first-order valence-electron chi connectivity index (χ1n) is 11.1. The second-order valence-electron chi connectivity index (χ2n) is 9.31. The molecule has 6 nitrogen and oxygen atoms in total. The maximum atomic E-state index is 13.1. The molecular weight excluding hydrogens is 422 g/mol. The summed E-state index contributed by atoms with van der Waals surface area (Å²) in [5.41, 5.74) is 4.38. The van der Waals surface area contributed by atoms with E-state index in [0.29, 0.717) is 13.1 Å². The molecule has 0 aliphatic carbocycles. The minimum Gasteiger partial charge on any atom is -0.484 e. The first-order chi connectivity index (χ1) is 15.4. The van der Waals surface area contributed by atoms with Crippen LogP contribution in [-0.2, 0) is 4.79 Å². The number of carbonyl (C=O) groups excluding carboxylic acids is 1. The van der Waals surface area contributed by atoms with Crippen LogP contribution in [0.5, 0.6) is 5.75 Å². The molecular formula is C25H29N3O3S. The second kappa shape index (κ2) is 8.46. The van der Waals surface area contributed by atoms with E-state index in [1.807, 2.05) is 41.3 Å². The van der Waals surface area contributed by atoms with Crippen LogP contribution >= 0.6 is 11.9 Å². The Kier molecular flexibility index (Phi) is 5.65. The average molecular weight is 452 g/mol. The van der Waals surface area contributed by atoms with Crippen molar-refractivity contribution in [1.29, 1.82) is 0 Å². The lowest BCUT2D eigenvalue weighted by Gasteiger charge is -2.33. The molecule has 2 aromatic rings. The Morgan fingerprint density at radius 2 is 1.84 bits per heavy atom. The standard InChI is InChI=1S/C25H29N3O3S/c1-25(2)16-26-22-10-20(8-9-23(22)31-25)32-28-13-18-11-27(12-19(18)14-28)24(30)21(15-29)17-6-4-3-5-7-17/h3-10,21,26,29H,11-16H2,1-2H3/t21-/m1/s1. The second-order valence-corrected chi connectivity index (χ2v) is 10.5. The van der Waals surface area contributed by atoms with Crippen LogP contribution in [0.25, 0.3) is 0 Å². The Morgan fingerprint density at radius 1 is 1.12 bits per heavy atom. The number of rotatable bonds is 5. The third-order valence-corrected chi connectivity index (χ3v) is 7.25. The Labute approximate surface area is 193 Å². The molecule has 3 aliphatic rings. The molecule has 1 atom stereocenters. The van der Waals surface area contributed by atoms with Crippen LogP contribution in [0.4, 0.5) is 5.69 Å². The molecule has 0 spiro atoms. The van der Waals surface area contributed by atoms with Crippen LogP contribution in [0.3, 0.4) is 0 Å². The normalized spacial score (nSPS) is 20.4. The molecule has 0 bridgehead atoms. The SMILES string of the molecule is CC1(C)CNc2cc(SN3CC4=C(C3)CN(C(=O)[C@H](CO)c3ccccc3)C4)ccc2O1. The van der Waals surface area contributed by atoms with Gasteiger partial charge in [-0.3, -0.25) is 4.79 Å². The average Bonchev–Trinajstić information content (AvgIpc) is 3.33. The Bertz CT molecular complexity index is 1040. The van der Waals surface area contributed by atoms with Gasteiger partial charge in [-0.15, -0.1) is 0 Å². The van der Waals surface area contributed by atoms with Crippen LogP contribution in [0, 0.1) is 0 Å². The topological polar surface area (TPSA) is 65.0 Å². The minimum absolute atomic E-state index is 0.0102. The molecule has 1 amide bonds. The third-order valence-electron chi connectivity index (χ3n) is 6.27. The number of amides is 1. The Hall–Kier alpha value is -2.48. The van der Waals surface area contributed by atoms with E-state index >= 15 is 0 Å². The van der Waals surface area contributed by atoms with Gasteiger partial charge in [0.15, 0.2) is 0 Å². The Balaban J connectivity index is 1.18. The van der Waals surface area contributed by atoms with E-state index < -0.39 is 5.92 Å². The zero-order valence-electron chi connectivity index (χ0n) is 18.5. The van der Waals surface area contributed by atoms with Crippen LogP contribution in [0.2, 0.25) is 0 Å². The highest BCUT2D eigenvalue weighted by Gasteiger charge is 2.35. The van der Waals surface area contributed by atoms with Gasteiger partial charge in [0.1, 0.15) is 11.4 Å². The monoisotopic (exact) mass is 451 g/mol. The number of hydrogen-bond acceptors (Lipinski definition) is 6.